The second-order valence-electron chi connectivity index (χ2n) is 6.08. The first-order chi connectivity index (χ1) is 12.2. The van der Waals surface area contributed by atoms with Crippen molar-refractivity contribution < 1.29 is 19.0 Å². The Morgan fingerprint density at radius 3 is 2.48 bits per heavy atom. The fourth-order valence-corrected chi connectivity index (χ4v) is 2.98. The van der Waals surface area contributed by atoms with Crippen molar-refractivity contribution in [3.63, 3.8) is 0 Å². The smallest absolute Gasteiger partial charge is 0.260 e. The summed E-state index contributed by atoms with van der Waals surface area (Å²) in [4.78, 5) is 14.4. The molecule has 1 amide bonds. The summed E-state index contributed by atoms with van der Waals surface area (Å²) >= 11 is 0. The Bertz CT molecular complexity index is 704. The Labute approximate surface area is 148 Å². The van der Waals surface area contributed by atoms with Gasteiger partial charge in [-0.05, 0) is 24.6 Å². The van der Waals surface area contributed by atoms with Crippen LogP contribution in [-0.4, -0.2) is 43.7 Å². The zero-order valence-corrected chi connectivity index (χ0v) is 14.6. The van der Waals surface area contributed by atoms with Crippen LogP contribution in [-0.2, 0) is 9.53 Å². The van der Waals surface area contributed by atoms with Gasteiger partial charge in [-0.15, -0.1) is 0 Å². The quantitative estimate of drug-likeness (QED) is 0.839. The number of morpholine rings is 1. The molecular formula is C20H23NO4. The van der Waals surface area contributed by atoms with Gasteiger partial charge in [0.1, 0.15) is 6.10 Å². The van der Waals surface area contributed by atoms with Gasteiger partial charge in [0.25, 0.3) is 5.91 Å². The Kier molecular flexibility index (Phi) is 5.56. The minimum Gasteiger partial charge on any atom is -0.493 e. The standard InChI is InChI=1S/C20H23NO4/c1-15-12-21(13-19(25-15)16-8-4-3-5-9-16)20(22)14-24-18-11-7-6-10-17(18)23-2/h3-11,15,19H,12-14H2,1-2H3. The topological polar surface area (TPSA) is 48.0 Å². The van der Waals surface area contributed by atoms with Crippen molar-refractivity contribution in [1.29, 1.82) is 0 Å². The monoisotopic (exact) mass is 341 g/mol. The Balaban J connectivity index is 1.63. The number of methoxy groups -OCH3 is 1. The number of benzene rings is 2. The van der Waals surface area contributed by atoms with E-state index in [1.807, 2.05) is 55.5 Å². The highest BCUT2D eigenvalue weighted by Crippen LogP contribution is 2.27. The summed E-state index contributed by atoms with van der Waals surface area (Å²) in [5.74, 6) is 1.13. The highest BCUT2D eigenvalue weighted by atomic mass is 16.5. The second kappa shape index (κ2) is 8.03. The average Bonchev–Trinajstić information content (AvgIpc) is 2.66. The van der Waals surface area contributed by atoms with Gasteiger partial charge in [0.2, 0.25) is 0 Å². The van der Waals surface area contributed by atoms with E-state index in [-0.39, 0.29) is 24.7 Å². The number of para-hydroxylation sites is 2. The third-order valence-electron chi connectivity index (χ3n) is 4.20. The molecule has 5 heteroatoms. The van der Waals surface area contributed by atoms with E-state index in [0.717, 1.165) is 5.56 Å². The van der Waals surface area contributed by atoms with E-state index in [4.69, 9.17) is 14.2 Å². The first-order valence-electron chi connectivity index (χ1n) is 8.41. The van der Waals surface area contributed by atoms with E-state index < -0.39 is 0 Å². The SMILES string of the molecule is COc1ccccc1OCC(=O)N1CC(C)OC(c2ccccc2)C1. The normalized spacial score (nSPS) is 20.2. The van der Waals surface area contributed by atoms with Gasteiger partial charge in [0, 0.05) is 6.54 Å². The number of hydrogen-bond acceptors (Lipinski definition) is 4. The van der Waals surface area contributed by atoms with Crippen molar-refractivity contribution in [1.82, 2.24) is 4.90 Å². The van der Waals surface area contributed by atoms with E-state index >= 15 is 0 Å². The van der Waals surface area contributed by atoms with Crippen molar-refractivity contribution >= 4 is 5.91 Å². The number of ether oxygens (including phenoxy) is 3. The third-order valence-corrected chi connectivity index (χ3v) is 4.20. The fraction of sp³-hybridized carbons (Fsp3) is 0.350. The summed E-state index contributed by atoms with van der Waals surface area (Å²) < 4.78 is 16.9. The van der Waals surface area contributed by atoms with Crippen molar-refractivity contribution in [3.8, 4) is 11.5 Å². The summed E-state index contributed by atoms with van der Waals surface area (Å²) in [6.07, 6.45) is -0.130. The van der Waals surface area contributed by atoms with Gasteiger partial charge in [-0.25, -0.2) is 0 Å². The lowest BCUT2D eigenvalue weighted by Crippen LogP contribution is -2.47. The predicted octanol–water partition coefficient (Wildman–Crippen LogP) is 3.06. The summed E-state index contributed by atoms with van der Waals surface area (Å²) in [6.45, 7) is 3.06. The summed E-state index contributed by atoms with van der Waals surface area (Å²) in [6, 6.07) is 17.3. The van der Waals surface area contributed by atoms with E-state index in [0.29, 0.717) is 24.6 Å². The van der Waals surface area contributed by atoms with Crippen molar-refractivity contribution in [2.45, 2.75) is 19.1 Å². The van der Waals surface area contributed by atoms with E-state index in [9.17, 15) is 4.79 Å². The van der Waals surface area contributed by atoms with E-state index in [2.05, 4.69) is 0 Å². The lowest BCUT2D eigenvalue weighted by Gasteiger charge is -2.37. The van der Waals surface area contributed by atoms with E-state index in [1.54, 1.807) is 18.1 Å². The predicted molar refractivity (Wildman–Crippen MR) is 94.8 cm³/mol. The molecule has 0 bridgehead atoms. The highest BCUT2D eigenvalue weighted by molar-refractivity contribution is 5.78. The minimum absolute atomic E-state index is 0.0192. The van der Waals surface area contributed by atoms with Crippen LogP contribution in [0.1, 0.15) is 18.6 Å². The van der Waals surface area contributed by atoms with Crippen molar-refractivity contribution in [2.24, 2.45) is 0 Å². The van der Waals surface area contributed by atoms with Crippen LogP contribution in [0.25, 0.3) is 0 Å². The zero-order valence-electron chi connectivity index (χ0n) is 14.6. The second-order valence-corrected chi connectivity index (χ2v) is 6.08. The Morgan fingerprint density at radius 2 is 1.76 bits per heavy atom. The van der Waals surface area contributed by atoms with Crippen LogP contribution in [0.2, 0.25) is 0 Å². The molecule has 132 valence electrons. The van der Waals surface area contributed by atoms with Crippen LogP contribution in [0.4, 0.5) is 0 Å². The molecule has 0 aromatic heterocycles. The van der Waals surface area contributed by atoms with Crippen LogP contribution >= 0.6 is 0 Å². The van der Waals surface area contributed by atoms with Crippen LogP contribution in [0.15, 0.2) is 54.6 Å². The molecule has 5 nitrogen and oxygen atoms in total. The highest BCUT2D eigenvalue weighted by Gasteiger charge is 2.29. The fourth-order valence-electron chi connectivity index (χ4n) is 2.98. The number of amides is 1. The molecule has 3 rings (SSSR count). The van der Waals surface area contributed by atoms with Gasteiger partial charge in [-0.2, -0.15) is 0 Å². The van der Waals surface area contributed by atoms with Crippen LogP contribution in [0.5, 0.6) is 11.5 Å². The van der Waals surface area contributed by atoms with Crippen LogP contribution in [0.3, 0.4) is 0 Å². The molecule has 2 atom stereocenters. The summed E-state index contributed by atoms with van der Waals surface area (Å²) in [7, 11) is 1.58. The minimum atomic E-state index is -0.111. The number of hydrogen-bond donors (Lipinski definition) is 0. The first-order valence-corrected chi connectivity index (χ1v) is 8.41. The molecule has 1 aliphatic heterocycles. The maximum atomic E-state index is 12.6. The molecule has 2 aromatic rings. The molecule has 0 aliphatic carbocycles. The third kappa shape index (κ3) is 4.31. The van der Waals surface area contributed by atoms with Crippen molar-refractivity contribution in [2.75, 3.05) is 26.8 Å². The molecule has 1 aliphatic rings. The van der Waals surface area contributed by atoms with Crippen LogP contribution < -0.4 is 9.47 Å². The molecular weight excluding hydrogens is 318 g/mol. The van der Waals surface area contributed by atoms with Crippen LogP contribution in [0, 0.1) is 0 Å². The number of rotatable bonds is 5. The largest absolute Gasteiger partial charge is 0.493 e. The van der Waals surface area contributed by atoms with Gasteiger partial charge in [-0.3, -0.25) is 4.79 Å². The molecule has 1 heterocycles. The summed E-state index contributed by atoms with van der Waals surface area (Å²) in [5.41, 5.74) is 1.08. The van der Waals surface area contributed by atoms with Gasteiger partial charge in [-0.1, -0.05) is 42.5 Å². The van der Waals surface area contributed by atoms with Crippen molar-refractivity contribution in [3.05, 3.63) is 60.2 Å². The number of carbonyl (C=O) groups excluding carboxylic acids is 1. The lowest BCUT2D eigenvalue weighted by molar-refractivity contribution is -0.146. The van der Waals surface area contributed by atoms with Gasteiger partial charge in [0.15, 0.2) is 18.1 Å². The molecule has 1 fully saturated rings. The maximum absolute atomic E-state index is 12.6. The zero-order chi connectivity index (χ0) is 17.6. The Morgan fingerprint density at radius 1 is 1.08 bits per heavy atom. The molecule has 25 heavy (non-hydrogen) atoms. The Hall–Kier alpha value is -2.53. The molecule has 1 saturated heterocycles. The first kappa shape index (κ1) is 17.3. The molecule has 0 spiro atoms. The van der Waals surface area contributed by atoms with Gasteiger partial charge < -0.3 is 19.1 Å². The lowest BCUT2D eigenvalue weighted by atomic mass is 10.1. The van der Waals surface area contributed by atoms with Gasteiger partial charge >= 0.3 is 0 Å². The van der Waals surface area contributed by atoms with E-state index in [1.165, 1.54) is 0 Å². The molecule has 0 radical (unpaired) electrons. The average molecular weight is 341 g/mol. The number of nitrogens with zero attached hydrogens (tertiary/aromatic N) is 1. The molecule has 0 saturated carbocycles. The maximum Gasteiger partial charge on any atom is 0.260 e. The molecule has 2 aromatic carbocycles. The molecule has 2 unspecified atom stereocenters. The molecule has 0 N–H and O–H groups in total. The summed E-state index contributed by atoms with van der Waals surface area (Å²) in [5, 5.41) is 0. The number of carbonyl (C=O) groups is 1. The van der Waals surface area contributed by atoms with Gasteiger partial charge in [0.05, 0.1) is 19.8 Å².